The number of benzene rings is 1. The third-order valence-electron chi connectivity index (χ3n) is 4.59. The molecule has 0 saturated carbocycles. The fourth-order valence-corrected chi connectivity index (χ4v) is 3.13. The summed E-state index contributed by atoms with van der Waals surface area (Å²) in [5.74, 6) is 1.92. The first-order chi connectivity index (χ1) is 9.78. The molecular weight excluding hydrogens is 248 g/mol. The number of rotatable bonds is 6. The number of hydrogen-bond donors (Lipinski definition) is 1. The van der Waals surface area contributed by atoms with Gasteiger partial charge in [-0.3, -0.25) is 0 Å². The van der Waals surface area contributed by atoms with Crippen LogP contribution in [0.4, 0.5) is 0 Å². The fourth-order valence-electron chi connectivity index (χ4n) is 3.13. The molecule has 3 heteroatoms. The van der Waals surface area contributed by atoms with Crippen LogP contribution in [0.25, 0.3) is 0 Å². The van der Waals surface area contributed by atoms with Gasteiger partial charge in [-0.05, 0) is 45.0 Å². The summed E-state index contributed by atoms with van der Waals surface area (Å²) < 4.78 is 5.49. The van der Waals surface area contributed by atoms with E-state index in [0.717, 1.165) is 18.2 Å². The molecule has 2 rings (SSSR count). The van der Waals surface area contributed by atoms with Crippen LogP contribution in [0, 0.1) is 5.92 Å². The average Bonchev–Trinajstić information content (AvgIpc) is 2.53. The van der Waals surface area contributed by atoms with Gasteiger partial charge in [0.25, 0.3) is 0 Å². The van der Waals surface area contributed by atoms with Gasteiger partial charge in [-0.1, -0.05) is 31.5 Å². The second-order valence-electron chi connectivity index (χ2n) is 5.74. The molecule has 1 atom stereocenters. The Bertz CT molecular complexity index is 400. The Morgan fingerprint density at radius 3 is 2.60 bits per heavy atom. The first kappa shape index (κ1) is 15.3. The highest BCUT2D eigenvalue weighted by molar-refractivity contribution is 5.36. The molecule has 1 aromatic carbocycles. The van der Waals surface area contributed by atoms with Crippen LogP contribution < -0.4 is 10.1 Å². The van der Waals surface area contributed by atoms with Crippen LogP contribution in [-0.2, 0) is 0 Å². The SMILES string of the molecule is CCC1CCN(CC(NC)c2ccccc2OC)CC1. The van der Waals surface area contributed by atoms with E-state index < -0.39 is 0 Å². The minimum atomic E-state index is 0.337. The van der Waals surface area contributed by atoms with Crippen molar-refractivity contribution in [1.82, 2.24) is 10.2 Å². The first-order valence-electron chi connectivity index (χ1n) is 7.81. The highest BCUT2D eigenvalue weighted by atomic mass is 16.5. The van der Waals surface area contributed by atoms with Gasteiger partial charge in [0.1, 0.15) is 5.75 Å². The second kappa shape index (κ2) is 7.65. The molecule has 1 heterocycles. The quantitative estimate of drug-likeness (QED) is 0.864. The largest absolute Gasteiger partial charge is 0.496 e. The van der Waals surface area contributed by atoms with Gasteiger partial charge in [-0.15, -0.1) is 0 Å². The topological polar surface area (TPSA) is 24.5 Å². The van der Waals surface area contributed by atoms with Crippen molar-refractivity contribution in [2.24, 2.45) is 5.92 Å². The third-order valence-corrected chi connectivity index (χ3v) is 4.59. The van der Waals surface area contributed by atoms with E-state index in [0.29, 0.717) is 6.04 Å². The molecule has 0 bridgehead atoms. The van der Waals surface area contributed by atoms with Crippen LogP contribution >= 0.6 is 0 Å². The summed E-state index contributed by atoms with van der Waals surface area (Å²) in [5, 5.41) is 3.44. The monoisotopic (exact) mass is 276 g/mol. The highest BCUT2D eigenvalue weighted by Crippen LogP contribution is 2.27. The summed E-state index contributed by atoms with van der Waals surface area (Å²) in [6, 6.07) is 8.67. The maximum Gasteiger partial charge on any atom is 0.123 e. The van der Waals surface area contributed by atoms with Gasteiger partial charge < -0.3 is 15.0 Å². The molecule has 1 aromatic rings. The van der Waals surface area contributed by atoms with Crippen molar-refractivity contribution in [2.45, 2.75) is 32.2 Å². The Morgan fingerprint density at radius 1 is 1.30 bits per heavy atom. The lowest BCUT2D eigenvalue weighted by molar-refractivity contribution is 0.167. The average molecular weight is 276 g/mol. The molecule has 1 saturated heterocycles. The van der Waals surface area contributed by atoms with Crippen LogP contribution in [0.15, 0.2) is 24.3 Å². The molecule has 0 aliphatic carbocycles. The first-order valence-corrected chi connectivity index (χ1v) is 7.81. The third kappa shape index (κ3) is 3.74. The van der Waals surface area contributed by atoms with Gasteiger partial charge in [0.05, 0.1) is 7.11 Å². The number of methoxy groups -OCH3 is 1. The van der Waals surface area contributed by atoms with Crippen molar-refractivity contribution in [2.75, 3.05) is 33.8 Å². The minimum Gasteiger partial charge on any atom is -0.496 e. The van der Waals surface area contributed by atoms with Gasteiger partial charge in [-0.25, -0.2) is 0 Å². The second-order valence-corrected chi connectivity index (χ2v) is 5.74. The maximum absolute atomic E-state index is 5.49. The van der Waals surface area contributed by atoms with E-state index in [2.05, 4.69) is 29.3 Å². The molecule has 0 radical (unpaired) electrons. The summed E-state index contributed by atoms with van der Waals surface area (Å²) >= 11 is 0. The summed E-state index contributed by atoms with van der Waals surface area (Å²) in [6.45, 7) is 5.83. The van der Waals surface area contributed by atoms with E-state index in [1.54, 1.807) is 7.11 Å². The summed E-state index contributed by atoms with van der Waals surface area (Å²) in [6.07, 6.45) is 4.02. The fraction of sp³-hybridized carbons (Fsp3) is 0.647. The standard InChI is InChI=1S/C17H28N2O/c1-4-14-9-11-19(12-10-14)13-16(18-2)15-7-5-6-8-17(15)20-3/h5-8,14,16,18H,4,9-13H2,1-3H3. The van der Waals surface area contributed by atoms with Crippen LogP contribution in [0.1, 0.15) is 37.8 Å². The molecule has 1 fully saturated rings. The zero-order valence-electron chi connectivity index (χ0n) is 13.1. The number of likely N-dealkylation sites (N-methyl/N-ethyl adjacent to an activating group) is 1. The van der Waals surface area contributed by atoms with Crippen molar-refractivity contribution in [3.8, 4) is 5.75 Å². The molecule has 0 spiro atoms. The number of likely N-dealkylation sites (tertiary alicyclic amines) is 1. The zero-order chi connectivity index (χ0) is 14.4. The van der Waals surface area contributed by atoms with Gasteiger partial charge in [0.2, 0.25) is 0 Å². The number of nitrogens with zero attached hydrogens (tertiary/aromatic N) is 1. The van der Waals surface area contributed by atoms with E-state index in [1.165, 1.54) is 37.9 Å². The number of ether oxygens (including phenoxy) is 1. The van der Waals surface area contributed by atoms with Gasteiger partial charge in [0, 0.05) is 18.2 Å². The van der Waals surface area contributed by atoms with E-state index >= 15 is 0 Å². The van der Waals surface area contributed by atoms with Crippen molar-refractivity contribution < 1.29 is 4.74 Å². The lowest BCUT2D eigenvalue weighted by Gasteiger charge is -2.34. The smallest absolute Gasteiger partial charge is 0.123 e. The van der Waals surface area contributed by atoms with E-state index in [-0.39, 0.29) is 0 Å². The number of para-hydroxylation sites is 1. The predicted molar refractivity (Wildman–Crippen MR) is 84.2 cm³/mol. The van der Waals surface area contributed by atoms with Crippen LogP contribution in [0.2, 0.25) is 0 Å². The summed E-state index contributed by atoms with van der Waals surface area (Å²) in [7, 11) is 3.79. The van der Waals surface area contributed by atoms with Crippen molar-refractivity contribution in [3.05, 3.63) is 29.8 Å². The van der Waals surface area contributed by atoms with Crippen LogP contribution in [-0.4, -0.2) is 38.7 Å². The predicted octanol–water partition coefficient (Wildman–Crippen LogP) is 3.08. The van der Waals surface area contributed by atoms with E-state index in [4.69, 9.17) is 4.74 Å². The summed E-state index contributed by atoms with van der Waals surface area (Å²) in [4.78, 5) is 2.58. The molecule has 1 N–H and O–H groups in total. The van der Waals surface area contributed by atoms with Gasteiger partial charge in [0.15, 0.2) is 0 Å². The Kier molecular flexibility index (Phi) is 5.86. The molecule has 0 amide bonds. The lowest BCUT2D eigenvalue weighted by atomic mass is 9.94. The van der Waals surface area contributed by atoms with E-state index in [1.807, 2.05) is 19.2 Å². The van der Waals surface area contributed by atoms with Crippen molar-refractivity contribution in [3.63, 3.8) is 0 Å². The van der Waals surface area contributed by atoms with Crippen molar-refractivity contribution in [1.29, 1.82) is 0 Å². The Morgan fingerprint density at radius 2 is 2.00 bits per heavy atom. The van der Waals surface area contributed by atoms with E-state index in [9.17, 15) is 0 Å². The molecule has 112 valence electrons. The Hall–Kier alpha value is -1.06. The normalized spacial score (nSPS) is 18.9. The van der Waals surface area contributed by atoms with Crippen LogP contribution in [0.3, 0.4) is 0 Å². The maximum atomic E-state index is 5.49. The van der Waals surface area contributed by atoms with Gasteiger partial charge >= 0.3 is 0 Å². The molecule has 0 aromatic heterocycles. The number of piperidine rings is 1. The minimum absolute atomic E-state index is 0.337. The van der Waals surface area contributed by atoms with Crippen LogP contribution in [0.5, 0.6) is 5.75 Å². The molecule has 3 nitrogen and oxygen atoms in total. The molecular formula is C17H28N2O. The zero-order valence-corrected chi connectivity index (χ0v) is 13.1. The number of nitrogens with one attached hydrogen (secondary N) is 1. The van der Waals surface area contributed by atoms with Gasteiger partial charge in [-0.2, -0.15) is 0 Å². The lowest BCUT2D eigenvalue weighted by Crippen LogP contribution is -2.39. The molecule has 20 heavy (non-hydrogen) atoms. The number of hydrogen-bond acceptors (Lipinski definition) is 3. The highest BCUT2D eigenvalue weighted by Gasteiger charge is 2.22. The summed E-state index contributed by atoms with van der Waals surface area (Å²) in [5.41, 5.74) is 1.26. The van der Waals surface area contributed by atoms with Crippen molar-refractivity contribution >= 4 is 0 Å². The molecule has 1 aliphatic heterocycles. The Labute approximate surface area is 123 Å². The molecule has 1 aliphatic rings. The Balaban J connectivity index is 1.99. The molecule has 1 unspecified atom stereocenters.